The van der Waals surface area contributed by atoms with Crippen LogP contribution in [0.1, 0.15) is 12.8 Å². The van der Waals surface area contributed by atoms with E-state index in [1.807, 2.05) is 24.3 Å². The number of benzene rings is 1. The van der Waals surface area contributed by atoms with Crippen molar-refractivity contribution in [1.82, 2.24) is 4.98 Å². The SMILES string of the molecule is Nc1ccc(Nc2cc(Cl)ccc2Br)nc1OCC1CC1. The molecule has 0 bridgehead atoms. The highest BCUT2D eigenvalue weighted by Crippen LogP contribution is 2.32. The van der Waals surface area contributed by atoms with Crippen molar-refractivity contribution in [3.63, 3.8) is 0 Å². The van der Waals surface area contributed by atoms with Crippen molar-refractivity contribution in [2.45, 2.75) is 12.8 Å². The Bertz CT molecular complexity index is 661. The summed E-state index contributed by atoms with van der Waals surface area (Å²) in [6.45, 7) is 0.682. The second kappa shape index (κ2) is 6.12. The van der Waals surface area contributed by atoms with Gasteiger partial charge in [-0.3, -0.25) is 0 Å². The Labute approximate surface area is 136 Å². The number of hydrogen-bond acceptors (Lipinski definition) is 4. The van der Waals surface area contributed by atoms with Crippen molar-refractivity contribution in [3.05, 3.63) is 39.8 Å². The van der Waals surface area contributed by atoms with E-state index < -0.39 is 0 Å². The molecule has 1 fully saturated rings. The molecule has 1 aliphatic rings. The molecule has 6 heteroatoms. The molecule has 0 saturated heterocycles. The lowest BCUT2D eigenvalue weighted by molar-refractivity contribution is 0.290. The van der Waals surface area contributed by atoms with Gasteiger partial charge in [-0.1, -0.05) is 11.6 Å². The first-order valence-electron chi connectivity index (χ1n) is 6.73. The van der Waals surface area contributed by atoms with Crippen LogP contribution in [0.4, 0.5) is 17.2 Å². The van der Waals surface area contributed by atoms with E-state index in [4.69, 9.17) is 22.1 Å². The average molecular weight is 369 g/mol. The molecule has 1 aliphatic carbocycles. The van der Waals surface area contributed by atoms with Crippen molar-refractivity contribution in [2.75, 3.05) is 17.7 Å². The van der Waals surface area contributed by atoms with Crippen LogP contribution in [-0.4, -0.2) is 11.6 Å². The fraction of sp³-hybridized carbons (Fsp3) is 0.267. The number of halogens is 2. The monoisotopic (exact) mass is 367 g/mol. The lowest BCUT2D eigenvalue weighted by atomic mass is 10.3. The van der Waals surface area contributed by atoms with E-state index in [1.165, 1.54) is 12.8 Å². The Morgan fingerprint density at radius 3 is 2.90 bits per heavy atom. The van der Waals surface area contributed by atoms with Crippen LogP contribution in [0.5, 0.6) is 5.88 Å². The zero-order valence-electron chi connectivity index (χ0n) is 11.3. The Morgan fingerprint density at radius 1 is 1.33 bits per heavy atom. The summed E-state index contributed by atoms with van der Waals surface area (Å²) in [7, 11) is 0. The van der Waals surface area contributed by atoms with E-state index in [0.29, 0.717) is 34.9 Å². The smallest absolute Gasteiger partial charge is 0.239 e. The molecule has 4 nitrogen and oxygen atoms in total. The van der Waals surface area contributed by atoms with Gasteiger partial charge in [0, 0.05) is 9.50 Å². The molecule has 1 aromatic heterocycles. The van der Waals surface area contributed by atoms with E-state index in [1.54, 1.807) is 6.07 Å². The minimum atomic E-state index is 0.477. The molecule has 3 N–H and O–H groups in total. The van der Waals surface area contributed by atoms with Gasteiger partial charge in [-0.25, -0.2) is 0 Å². The quantitative estimate of drug-likeness (QED) is 0.809. The molecule has 110 valence electrons. The number of ether oxygens (including phenoxy) is 1. The first-order chi connectivity index (χ1) is 10.1. The lowest BCUT2D eigenvalue weighted by Gasteiger charge is -2.12. The first-order valence-corrected chi connectivity index (χ1v) is 7.90. The summed E-state index contributed by atoms with van der Waals surface area (Å²) in [4.78, 5) is 4.42. The molecule has 1 heterocycles. The summed E-state index contributed by atoms with van der Waals surface area (Å²) in [6.07, 6.45) is 2.46. The number of pyridine rings is 1. The van der Waals surface area contributed by atoms with Crippen LogP contribution in [0.25, 0.3) is 0 Å². The number of anilines is 3. The summed E-state index contributed by atoms with van der Waals surface area (Å²) in [6, 6.07) is 9.13. The number of hydrogen-bond donors (Lipinski definition) is 2. The number of nitrogens with zero attached hydrogens (tertiary/aromatic N) is 1. The maximum absolute atomic E-state index is 6.01. The third-order valence-corrected chi connectivity index (χ3v) is 4.16. The topological polar surface area (TPSA) is 60.2 Å². The van der Waals surface area contributed by atoms with Gasteiger partial charge in [-0.2, -0.15) is 4.98 Å². The predicted molar refractivity (Wildman–Crippen MR) is 89.3 cm³/mol. The summed E-state index contributed by atoms with van der Waals surface area (Å²) >= 11 is 9.48. The summed E-state index contributed by atoms with van der Waals surface area (Å²) < 4.78 is 6.59. The Morgan fingerprint density at radius 2 is 2.14 bits per heavy atom. The van der Waals surface area contributed by atoms with Gasteiger partial charge in [0.05, 0.1) is 18.0 Å². The molecule has 0 spiro atoms. The summed E-state index contributed by atoms with van der Waals surface area (Å²) in [5.74, 6) is 1.80. The van der Waals surface area contributed by atoms with Gasteiger partial charge < -0.3 is 15.8 Å². The van der Waals surface area contributed by atoms with Crippen molar-refractivity contribution in [1.29, 1.82) is 0 Å². The molecule has 21 heavy (non-hydrogen) atoms. The van der Waals surface area contributed by atoms with Gasteiger partial charge in [0.15, 0.2) is 0 Å². The van der Waals surface area contributed by atoms with Crippen LogP contribution in [0.3, 0.4) is 0 Å². The van der Waals surface area contributed by atoms with Crippen LogP contribution in [0, 0.1) is 5.92 Å². The highest BCUT2D eigenvalue weighted by atomic mass is 79.9. The Hall–Kier alpha value is -1.46. The van der Waals surface area contributed by atoms with Crippen molar-refractivity contribution < 1.29 is 4.74 Å². The van der Waals surface area contributed by atoms with Gasteiger partial charge in [-0.15, -0.1) is 0 Å². The summed E-state index contributed by atoms with van der Waals surface area (Å²) in [5, 5.41) is 3.86. The standard InChI is InChI=1S/C15H15BrClN3O/c16-11-4-3-10(17)7-13(11)19-14-6-5-12(18)15(20-14)21-8-9-1-2-9/h3-7,9H,1-2,8,18H2,(H,19,20). The van der Waals surface area contributed by atoms with Gasteiger partial charge in [0.25, 0.3) is 0 Å². The maximum Gasteiger partial charge on any atom is 0.239 e. The fourth-order valence-corrected chi connectivity index (χ4v) is 2.37. The maximum atomic E-state index is 6.01. The van der Waals surface area contributed by atoms with Gasteiger partial charge >= 0.3 is 0 Å². The molecule has 0 radical (unpaired) electrons. The average Bonchev–Trinajstić information content (AvgIpc) is 3.27. The van der Waals surface area contributed by atoms with Gasteiger partial charge in [0.2, 0.25) is 5.88 Å². The van der Waals surface area contributed by atoms with E-state index in [0.717, 1.165) is 10.2 Å². The molecule has 2 aromatic rings. The lowest BCUT2D eigenvalue weighted by Crippen LogP contribution is -2.05. The highest BCUT2D eigenvalue weighted by Gasteiger charge is 2.22. The van der Waals surface area contributed by atoms with E-state index >= 15 is 0 Å². The number of nitrogens with one attached hydrogen (secondary N) is 1. The van der Waals surface area contributed by atoms with Crippen LogP contribution < -0.4 is 15.8 Å². The molecule has 1 saturated carbocycles. The van der Waals surface area contributed by atoms with Crippen molar-refractivity contribution in [3.8, 4) is 5.88 Å². The van der Waals surface area contributed by atoms with Crippen LogP contribution in [-0.2, 0) is 0 Å². The second-order valence-electron chi connectivity index (χ2n) is 5.09. The van der Waals surface area contributed by atoms with Crippen LogP contribution in [0.15, 0.2) is 34.8 Å². The zero-order chi connectivity index (χ0) is 14.8. The first kappa shape index (κ1) is 14.5. The van der Waals surface area contributed by atoms with Crippen LogP contribution >= 0.6 is 27.5 Å². The Kier molecular flexibility index (Phi) is 4.22. The molecule has 0 atom stereocenters. The van der Waals surface area contributed by atoms with Gasteiger partial charge in [-0.05, 0) is 65.0 Å². The highest BCUT2D eigenvalue weighted by molar-refractivity contribution is 9.10. The van der Waals surface area contributed by atoms with Crippen molar-refractivity contribution in [2.24, 2.45) is 5.92 Å². The normalized spacial score (nSPS) is 14.0. The molecular weight excluding hydrogens is 354 g/mol. The predicted octanol–water partition coefficient (Wildman–Crippen LogP) is 4.61. The Balaban J connectivity index is 1.78. The number of aromatic nitrogens is 1. The molecule has 1 aromatic carbocycles. The van der Waals surface area contributed by atoms with E-state index in [9.17, 15) is 0 Å². The largest absolute Gasteiger partial charge is 0.476 e. The molecule has 0 aliphatic heterocycles. The minimum absolute atomic E-state index is 0.477. The van der Waals surface area contributed by atoms with E-state index in [-0.39, 0.29) is 0 Å². The van der Waals surface area contributed by atoms with Crippen LogP contribution in [0.2, 0.25) is 5.02 Å². The molecule has 0 amide bonds. The molecule has 3 rings (SSSR count). The minimum Gasteiger partial charge on any atom is -0.476 e. The fourth-order valence-electron chi connectivity index (χ4n) is 1.85. The third-order valence-electron chi connectivity index (χ3n) is 3.23. The number of nitrogen functional groups attached to an aromatic ring is 1. The van der Waals surface area contributed by atoms with Gasteiger partial charge in [0.1, 0.15) is 5.82 Å². The second-order valence-corrected chi connectivity index (χ2v) is 6.39. The van der Waals surface area contributed by atoms with Crippen molar-refractivity contribution >= 4 is 44.7 Å². The summed E-state index contributed by atoms with van der Waals surface area (Å²) in [5.41, 5.74) is 7.29. The number of rotatable bonds is 5. The third kappa shape index (κ3) is 3.80. The van der Waals surface area contributed by atoms with E-state index in [2.05, 4.69) is 26.2 Å². The zero-order valence-corrected chi connectivity index (χ0v) is 13.6. The molecular formula is C15H15BrClN3O. The molecule has 0 unspecified atom stereocenters. The number of nitrogens with two attached hydrogens (primary N) is 1.